The summed E-state index contributed by atoms with van der Waals surface area (Å²) >= 11 is 0. The Labute approximate surface area is 201 Å². The summed E-state index contributed by atoms with van der Waals surface area (Å²) in [4.78, 5) is 20.2. The van der Waals surface area contributed by atoms with Crippen molar-refractivity contribution in [2.45, 2.75) is 51.5 Å². The number of nitrogens with one attached hydrogen (secondary N) is 1. The first-order valence-corrected chi connectivity index (χ1v) is 12.3. The lowest BCUT2D eigenvalue weighted by molar-refractivity contribution is 0.00721. The van der Waals surface area contributed by atoms with Crippen LogP contribution in [0.15, 0.2) is 48.8 Å². The van der Waals surface area contributed by atoms with E-state index in [2.05, 4.69) is 21.4 Å². The molecular weight excluding hydrogens is 426 g/mol. The van der Waals surface area contributed by atoms with E-state index in [1.54, 1.807) is 17.1 Å². The summed E-state index contributed by atoms with van der Waals surface area (Å²) in [6, 6.07) is 12.8. The first-order valence-electron chi connectivity index (χ1n) is 12.3. The average Bonchev–Trinajstić information content (AvgIpc) is 3.27. The molecule has 1 saturated heterocycles. The molecule has 2 aliphatic rings. The molecule has 2 fully saturated rings. The smallest absolute Gasteiger partial charge is 0.259 e. The van der Waals surface area contributed by atoms with Crippen LogP contribution in [0.4, 0.5) is 5.69 Å². The van der Waals surface area contributed by atoms with Gasteiger partial charge in [0.1, 0.15) is 0 Å². The first kappa shape index (κ1) is 22.7. The first-order chi connectivity index (χ1) is 16.6. The van der Waals surface area contributed by atoms with Crippen LogP contribution < -0.4 is 5.32 Å². The van der Waals surface area contributed by atoms with Crippen molar-refractivity contribution in [3.8, 4) is 5.69 Å². The van der Waals surface area contributed by atoms with Gasteiger partial charge in [0.05, 0.1) is 48.2 Å². The fourth-order valence-corrected chi connectivity index (χ4v) is 5.18. The molecule has 1 aliphatic carbocycles. The molecule has 3 aromatic rings. The van der Waals surface area contributed by atoms with Gasteiger partial charge in [-0.3, -0.25) is 14.7 Å². The third kappa shape index (κ3) is 4.91. The minimum Gasteiger partial charge on any atom is -0.379 e. The SMILES string of the molecule is Cc1ccc(-n2ncc(C(=O)Nc3ccc(C4CCC(N5CCOCC5)CC4)nc3)c2C)cc1. The molecule has 0 bridgehead atoms. The van der Waals surface area contributed by atoms with Crippen LogP contribution in [0.1, 0.15) is 58.9 Å². The van der Waals surface area contributed by atoms with Crippen molar-refractivity contribution in [2.75, 3.05) is 31.6 Å². The zero-order valence-electron chi connectivity index (χ0n) is 20.0. The Hall–Kier alpha value is -3.03. The van der Waals surface area contributed by atoms with Crippen LogP contribution in [0.25, 0.3) is 5.69 Å². The van der Waals surface area contributed by atoms with Crippen LogP contribution >= 0.6 is 0 Å². The number of amides is 1. The highest BCUT2D eigenvalue weighted by Crippen LogP contribution is 2.34. The van der Waals surface area contributed by atoms with Crippen molar-refractivity contribution in [2.24, 2.45) is 0 Å². The van der Waals surface area contributed by atoms with Gasteiger partial charge in [-0.25, -0.2) is 4.68 Å². The van der Waals surface area contributed by atoms with E-state index in [0.717, 1.165) is 56.2 Å². The van der Waals surface area contributed by atoms with Crippen LogP contribution in [0.3, 0.4) is 0 Å². The molecule has 34 heavy (non-hydrogen) atoms. The predicted molar refractivity (Wildman–Crippen MR) is 133 cm³/mol. The summed E-state index contributed by atoms with van der Waals surface area (Å²) < 4.78 is 7.29. The Morgan fingerprint density at radius 3 is 2.38 bits per heavy atom. The minimum atomic E-state index is -0.170. The third-order valence-electron chi connectivity index (χ3n) is 7.25. The molecule has 5 rings (SSSR count). The lowest BCUT2D eigenvalue weighted by Gasteiger charge is -2.38. The topological polar surface area (TPSA) is 72.3 Å². The maximum absolute atomic E-state index is 12.9. The van der Waals surface area contributed by atoms with Crippen molar-refractivity contribution in [3.63, 3.8) is 0 Å². The van der Waals surface area contributed by atoms with Crippen LogP contribution in [-0.2, 0) is 4.74 Å². The molecule has 2 aromatic heterocycles. The van der Waals surface area contributed by atoms with E-state index in [0.29, 0.717) is 23.2 Å². The molecular formula is C27H33N5O2. The molecule has 1 N–H and O–H groups in total. The molecule has 0 unspecified atom stereocenters. The molecule has 1 saturated carbocycles. The number of pyridine rings is 1. The van der Waals surface area contributed by atoms with Gasteiger partial charge in [-0.15, -0.1) is 0 Å². The molecule has 0 atom stereocenters. The Balaban J connectivity index is 1.19. The second-order valence-corrected chi connectivity index (χ2v) is 9.47. The summed E-state index contributed by atoms with van der Waals surface area (Å²) in [7, 11) is 0. The zero-order chi connectivity index (χ0) is 23.5. The molecule has 178 valence electrons. The van der Waals surface area contributed by atoms with Crippen molar-refractivity contribution in [1.82, 2.24) is 19.7 Å². The number of nitrogens with zero attached hydrogens (tertiary/aromatic N) is 4. The number of hydrogen-bond acceptors (Lipinski definition) is 5. The largest absolute Gasteiger partial charge is 0.379 e. The number of benzene rings is 1. The van der Waals surface area contributed by atoms with Crippen LogP contribution in [0, 0.1) is 13.8 Å². The normalized spacial score (nSPS) is 21.4. The number of morpholine rings is 1. The lowest BCUT2D eigenvalue weighted by Crippen LogP contribution is -2.44. The summed E-state index contributed by atoms with van der Waals surface area (Å²) in [6.45, 7) is 7.81. The molecule has 0 spiro atoms. The summed E-state index contributed by atoms with van der Waals surface area (Å²) in [5.41, 5.74) is 5.33. The van der Waals surface area contributed by atoms with Gasteiger partial charge in [-0.05, 0) is 63.8 Å². The lowest BCUT2D eigenvalue weighted by atomic mass is 9.83. The van der Waals surface area contributed by atoms with Crippen molar-refractivity contribution in [3.05, 3.63) is 71.3 Å². The number of carbonyl (C=O) groups is 1. The number of rotatable bonds is 5. The van der Waals surface area contributed by atoms with E-state index in [4.69, 9.17) is 9.72 Å². The van der Waals surface area contributed by atoms with Crippen molar-refractivity contribution in [1.29, 1.82) is 0 Å². The number of carbonyl (C=O) groups excluding carboxylic acids is 1. The predicted octanol–water partition coefficient (Wildman–Crippen LogP) is 4.49. The highest BCUT2D eigenvalue weighted by molar-refractivity contribution is 6.04. The Morgan fingerprint density at radius 1 is 0.971 bits per heavy atom. The van der Waals surface area contributed by atoms with Crippen LogP contribution in [0.2, 0.25) is 0 Å². The number of anilines is 1. The fourth-order valence-electron chi connectivity index (χ4n) is 5.18. The zero-order valence-corrected chi connectivity index (χ0v) is 20.0. The summed E-state index contributed by atoms with van der Waals surface area (Å²) in [5.74, 6) is 0.327. The second-order valence-electron chi connectivity index (χ2n) is 9.47. The quantitative estimate of drug-likeness (QED) is 0.608. The Kier molecular flexibility index (Phi) is 6.74. The van der Waals surface area contributed by atoms with E-state index >= 15 is 0 Å². The fraction of sp³-hybridized carbons (Fsp3) is 0.444. The van der Waals surface area contributed by atoms with Crippen LogP contribution in [-0.4, -0.2) is 57.9 Å². The standard InChI is InChI=1S/C27H33N5O2/c1-19-3-8-24(9-4-19)32-20(2)25(18-29-32)27(33)30-22-7-12-26(28-17-22)21-5-10-23(11-6-21)31-13-15-34-16-14-31/h3-4,7-9,12,17-18,21,23H,5-6,10-11,13-16H2,1-2H3,(H,30,33). The Morgan fingerprint density at radius 2 is 1.71 bits per heavy atom. The Bertz CT molecular complexity index is 1110. The van der Waals surface area contributed by atoms with E-state index in [1.807, 2.05) is 44.2 Å². The highest BCUT2D eigenvalue weighted by Gasteiger charge is 2.28. The van der Waals surface area contributed by atoms with Gasteiger partial charge in [-0.2, -0.15) is 5.10 Å². The molecule has 7 nitrogen and oxygen atoms in total. The molecule has 7 heteroatoms. The van der Waals surface area contributed by atoms with Crippen molar-refractivity contribution < 1.29 is 9.53 Å². The molecule has 1 aromatic carbocycles. The third-order valence-corrected chi connectivity index (χ3v) is 7.25. The molecule has 1 amide bonds. The van der Waals surface area contributed by atoms with E-state index in [9.17, 15) is 4.79 Å². The maximum atomic E-state index is 12.9. The van der Waals surface area contributed by atoms with Gasteiger partial charge < -0.3 is 10.1 Å². The van der Waals surface area contributed by atoms with Gasteiger partial charge in [0.25, 0.3) is 5.91 Å². The van der Waals surface area contributed by atoms with Gasteiger partial charge in [-0.1, -0.05) is 17.7 Å². The minimum absolute atomic E-state index is 0.170. The van der Waals surface area contributed by atoms with E-state index in [1.165, 1.54) is 18.4 Å². The van der Waals surface area contributed by atoms with Gasteiger partial charge >= 0.3 is 0 Å². The molecule has 3 heterocycles. The van der Waals surface area contributed by atoms with Crippen LogP contribution in [0.5, 0.6) is 0 Å². The second kappa shape index (κ2) is 10.1. The average molecular weight is 460 g/mol. The summed E-state index contributed by atoms with van der Waals surface area (Å²) in [6.07, 6.45) is 8.17. The highest BCUT2D eigenvalue weighted by atomic mass is 16.5. The monoisotopic (exact) mass is 459 g/mol. The van der Waals surface area contributed by atoms with E-state index < -0.39 is 0 Å². The maximum Gasteiger partial charge on any atom is 0.259 e. The van der Waals surface area contributed by atoms with Gasteiger partial charge in [0, 0.05) is 30.7 Å². The molecule has 1 aliphatic heterocycles. The van der Waals surface area contributed by atoms with Gasteiger partial charge in [0.2, 0.25) is 0 Å². The number of hydrogen-bond donors (Lipinski definition) is 1. The summed E-state index contributed by atoms with van der Waals surface area (Å²) in [5, 5.41) is 7.40. The number of ether oxygens (including phenoxy) is 1. The number of aromatic nitrogens is 3. The number of aryl methyl sites for hydroxylation is 1. The van der Waals surface area contributed by atoms with Gasteiger partial charge in [0.15, 0.2) is 0 Å². The molecule has 0 radical (unpaired) electrons. The van der Waals surface area contributed by atoms with E-state index in [-0.39, 0.29) is 5.91 Å². The van der Waals surface area contributed by atoms with Crippen molar-refractivity contribution >= 4 is 11.6 Å².